The van der Waals surface area contributed by atoms with Crippen LogP contribution in [0.5, 0.6) is 0 Å². The fourth-order valence-electron chi connectivity index (χ4n) is 4.63. The molecule has 0 saturated carbocycles. The number of rotatable bonds is 6. The van der Waals surface area contributed by atoms with Crippen LogP contribution in [0.2, 0.25) is 0 Å². The summed E-state index contributed by atoms with van der Waals surface area (Å²) in [4.78, 5) is -1.91. The number of benzene rings is 4. The smallest absolute Gasteiger partial charge is 0.282 e. The molecule has 0 fully saturated rings. The standard InChI is InChI=1S/C21H20O9S3/c1-3-11(4-2)16-9-17(31(22,23)24)13-7-8-15-19(33(28,29)30)10-18(32(25,26)27)14-6-5-12(16)20(13)21(14)15/h5-11H,3-4H2,1-2H3,(H,22,23,24)(H,25,26,27)(H,28,29,30). The Morgan fingerprint density at radius 1 is 0.606 bits per heavy atom. The van der Waals surface area contributed by atoms with Gasteiger partial charge in [-0.15, -0.1) is 0 Å². The van der Waals surface area contributed by atoms with E-state index in [2.05, 4.69) is 0 Å². The minimum atomic E-state index is -4.93. The van der Waals surface area contributed by atoms with Gasteiger partial charge in [-0.2, -0.15) is 25.3 Å². The highest BCUT2D eigenvalue weighted by molar-refractivity contribution is 7.87. The first kappa shape index (κ1) is 23.8. The molecule has 0 saturated heterocycles. The Labute approximate surface area is 190 Å². The average Bonchev–Trinajstić information content (AvgIpc) is 2.70. The monoisotopic (exact) mass is 512 g/mol. The normalized spacial score (nSPS) is 13.6. The molecule has 12 heteroatoms. The van der Waals surface area contributed by atoms with Gasteiger partial charge in [-0.1, -0.05) is 38.1 Å². The lowest BCUT2D eigenvalue weighted by atomic mass is 9.85. The third-order valence-corrected chi connectivity index (χ3v) is 8.76. The Hall–Kier alpha value is -2.35. The predicted octanol–water partition coefficient (Wildman–Crippen LogP) is 4.23. The van der Waals surface area contributed by atoms with E-state index in [-0.39, 0.29) is 32.8 Å². The molecule has 0 aromatic heterocycles. The molecule has 0 bridgehead atoms. The number of hydrogen-bond acceptors (Lipinski definition) is 6. The van der Waals surface area contributed by atoms with Crippen molar-refractivity contribution in [2.75, 3.05) is 0 Å². The molecule has 4 aromatic carbocycles. The second kappa shape index (κ2) is 7.58. The second-order valence-corrected chi connectivity index (χ2v) is 12.0. The summed E-state index contributed by atoms with van der Waals surface area (Å²) < 4.78 is 102. The maximum Gasteiger partial charge on any atom is 0.295 e. The van der Waals surface area contributed by atoms with Gasteiger partial charge in [0.2, 0.25) is 0 Å². The van der Waals surface area contributed by atoms with E-state index in [1.807, 2.05) is 13.8 Å². The lowest BCUT2D eigenvalue weighted by Crippen LogP contribution is -2.08. The molecule has 0 unspecified atom stereocenters. The van der Waals surface area contributed by atoms with E-state index in [9.17, 15) is 38.9 Å². The Balaban J connectivity index is 2.43. The van der Waals surface area contributed by atoms with Gasteiger partial charge in [-0.3, -0.25) is 13.7 Å². The molecule has 0 aliphatic carbocycles. The maximum absolute atomic E-state index is 12.3. The summed E-state index contributed by atoms with van der Waals surface area (Å²) in [7, 11) is -14.6. The summed E-state index contributed by atoms with van der Waals surface area (Å²) in [5, 5.41) is 0.719. The molecule has 0 spiro atoms. The van der Waals surface area contributed by atoms with Crippen molar-refractivity contribution < 1.29 is 38.9 Å². The van der Waals surface area contributed by atoms with Crippen LogP contribution in [0, 0.1) is 0 Å². The Morgan fingerprint density at radius 2 is 0.939 bits per heavy atom. The lowest BCUT2D eigenvalue weighted by molar-refractivity contribution is 0.480. The van der Waals surface area contributed by atoms with Crippen LogP contribution in [0.15, 0.2) is 51.1 Å². The third kappa shape index (κ3) is 3.76. The molecule has 0 aliphatic rings. The molecule has 0 radical (unpaired) electrons. The molecule has 33 heavy (non-hydrogen) atoms. The molecule has 0 atom stereocenters. The van der Waals surface area contributed by atoms with Crippen LogP contribution in [0.3, 0.4) is 0 Å². The second-order valence-electron chi connectivity index (χ2n) is 7.85. The summed E-state index contributed by atoms with van der Waals surface area (Å²) in [5.41, 5.74) is 0.584. The SMILES string of the molecule is CCC(CC)c1cc(S(=O)(=O)O)c2ccc3c(S(=O)(=O)O)cc(S(=O)(=O)O)c4ccc1c2c43. The van der Waals surface area contributed by atoms with Gasteiger partial charge in [0.1, 0.15) is 14.7 Å². The lowest BCUT2D eigenvalue weighted by Gasteiger charge is -2.22. The van der Waals surface area contributed by atoms with E-state index in [1.165, 1.54) is 24.3 Å². The van der Waals surface area contributed by atoms with Crippen LogP contribution in [-0.2, 0) is 30.4 Å². The minimum Gasteiger partial charge on any atom is -0.282 e. The quantitative estimate of drug-likeness (QED) is 0.253. The molecule has 0 heterocycles. The first-order chi connectivity index (χ1) is 15.2. The first-order valence-corrected chi connectivity index (χ1v) is 14.2. The molecule has 9 nitrogen and oxygen atoms in total. The highest BCUT2D eigenvalue weighted by atomic mass is 32.2. The molecule has 3 N–H and O–H groups in total. The Morgan fingerprint density at radius 3 is 1.30 bits per heavy atom. The fraction of sp³-hybridized carbons (Fsp3) is 0.238. The Kier molecular flexibility index (Phi) is 5.47. The van der Waals surface area contributed by atoms with Crippen molar-refractivity contribution in [3.63, 3.8) is 0 Å². The van der Waals surface area contributed by atoms with E-state index in [0.717, 1.165) is 0 Å². The Bertz CT molecular complexity index is 1700. The molecule has 4 rings (SSSR count). The van der Waals surface area contributed by atoms with E-state index in [0.29, 0.717) is 29.9 Å². The zero-order chi connectivity index (χ0) is 24.5. The number of hydrogen-bond donors (Lipinski definition) is 3. The largest absolute Gasteiger partial charge is 0.295 e. The minimum absolute atomic E-state index is 0.0328. The molecule has 176 valence electrons. The van der Waals surface area contributed by atoms with Gasteiger partial charge >= 0.3 is 0 Å². The topological polar surface area (TPSA) is 163 Å². The van der Waals surface area contributed by atoms with Crippen molar-refractivity contribution in [1.29, 1.82) is 0 Å². The van der Waals surface area contributed by atoms with Crippen molar-refractivity contribution in [1.82, 2.24) is 0 Å². The van der Waals surface area contributed by atoms with Crippen LogP contribution in [0.1, 0.15) is 38.2 Å². The van der Waals surface area contributed by atoms with Crippen LogP contribution in [0.25, 0.3) is 32.3 Å². The van der Waals surface area contributed by atoms with Gasteiger partial charge in [-0.05, 0) is 47.2 Å². The molecule has 0 aliphatic heterocycles. The molecular formula is C21H20O9S3. The van der Waals surface area contributed by atoms with Crippen molar-refractivity contribution in [3.05, 3.63) is 42.0 Å². The van der Waals surface area contributed by atoms with Crippen LogP contribution >= 0.6 is 0 Å². The van der Waals surface area contributed by atoms with Gasteiger partial charge in [-0.25, -0.2) is 0 Å². The van der Waals surface area contributed by atoms with Crippen molar-refractivity contribution in [2.24, 2.45) is 0 Å². The van der Waals surface area contributed by atoms with Gasteiger partial charge in [0, 0.05) is 21.5 Å². The average molecular weight is 513 g/mol. The van der Waals surface area contributed by atoms with Gasteiger partial charge < -0.3 is 0 Å². The van der Waals surface area contributed by atoms with E-state index in [4.69, 9.17) is 0 Å². The highest BCUT2D eigenvalue weighted by Crippen LogP contribution is 2.45. The fourth-order valence-corrected chi connectivity index (χ4v) is 6.86. The summed E-state index contributed by atoms with van der Waals surface area (Å²) in [6.07, 6.45) is 1.27. The maximum atomic E-state index is 12.3. The van der Waals surface area contributed by atoms with E-state index in [1.54, 1.807) is 6.07 Å². The third-order valence-electron chi connectivity index (χ3n) is 6.08. The summed E-state index contributed by atoms with van der Waals surface area (Å²) in [5.74, 6) is -0.114. The predicted molar refractivity (Wildman–Crippen MR) is 123 cm³/mol. The molecular weight excluding hydrogens is 492 g/mol. The van der Waals surface area contributed by atoms with E-state index < -0.39 is 45.0 Å². The summed E-state index contributed by atoms with van der Waals surface area (Å²) >= 11 is 0. The van der Waals surface area contributed by atoms with Gasteiger partial charge in [0.25, 0.3) is 30.4 Å². The summed E-state index contributed by atoms with van der Waals surface area (Å²) in [6.45, 7) is 3.82. The summed E-state index contributed by atoms with van der Waals surface area (Å²) in [6, 6.07) is 7.55. The van der Waals surface area contributed by atoms with Crippen LogP contribution in [-0.4, -0.2) is 38.9 Å². The zero-order valence-electron chi connectivity index (χ0n) is 17.5. The van der Waals surface area contributed by atoms with Crippen molar-refractivity contribution >= 4 is 62.7 Å². The molecule has 0 amide bonds. The van der Waals surface area contributed by atoms with Crippen LogP contribution < -0.4 is 0 Å². The van der Waals surface area contributed by atoms with Crippen molar-refractivity contribution in [3.8, 4) is 0 Å². The zero-order valence-corrected chi connectivity index (χ0v) is 19.9. The van der Waals surface area contributed by atoms with Gasteiger partial charge in [0.15, 0.2) is 0 Å². The van der Waals surface area contributed by atoms with Crippen LogP contribution in [0.4, 0.5) is 0 Å². The van der Waals surface area contributed by atoms with Gasteiger partial charge in [0.05, 0.1) is 0 Å². The first-order valence-electron chi connectivity index (χ1n) is 9.91. The van der Waals surface area contributed by atoms with E-state index >= 15 is 0 Å². The molecule has 4 aromatic rings. The highest BCUT2D eigenvalue weighted by Gasteiger charge is 2.28. The van der Waals surface area contributed by atoms with Crippen molar-refractivity contribution in [2.45, 2.75) is 47.3 Å².